The van der Waals surface area contributed by atoms with Crippen molar-refractivity contribution in [1.82, 2.24) is 0 Å². The van der Waals surface area contributed by atoms with Crippen LogP contribution in [-0.2, 0) is 11.2 Å². The van der Waals surface area contributed by atoms with Crippen molar-refractivity contribution in [3.63, 3.8) is 0 Å². The molecule has 0 bridgehead atoms. The molecule has 0 radical (unpaired) electrons. The molecule has 0 aliphatic carbocycles. The van der Waals surface area contributed by atoms with Crippen molar-refractivity contribution < 1.29 is 9.53 Å². The van der Waals surface area contributed by atoms with E-state index in [1.807, 2.05) is 48.5 Å². The summed E-state index contributed by atoms with van der Waals surface area (Å²) in [7, 11) is 0. The normalized spacial score (nSPS) is 11.7. The highest BCUT2D eigenvalue weighted by Crippen LogP contribution is 2.19. The molecule has 0 aromatic heterocycles. The average Bonchev–Trinajstić information content (AvgIpc) is 2.64. The second-order valence-corrected chi connectivity index (χ2v) is 5.97. The van der Waals surface area contributed by atoms with Gasteiger partial charge in [-0.05, 0) is 69.2 Å². The van der Waals surface area contributed by atoms with Gasteiger partial charge in [0.25, 0.3) is 5.91 Å². The summed E-state index contributed by atoms with van der Waals surface area (Å²) in [6.45, 7) is 10.1. The van der Waals surface area contributed by atoms with Gasteiger partial charge in [-0.2, -0.15) is 0 Å². The van der Waals surface area contributed by atoms with Crippen LogP contribution >= 0.6 is 0 Å². The molecule has 0 saturated carbocycles. The Labute approximate surface area is 150 Å². The van der Waals surface area contributed by atoms with Crippen LogP contribution in [0.3, 0.4) is 0 Å². The van der Waals surface area contributed by atoms with Gasteiger partial charge in [-0.3, -0.25) is 4.79 Å². The summed E-state index contributed by atoms with van der Waals surface area (Å²) in [5.74, 6) is 0.548. The van der Waals surface area contributed by atoms with Crippen LogP contribution in [0.1, 0.15) is 33.3 Å². The molecule has 0 aliphatic rings. The Hall–Kier alpha value is -2.49. The summed E-state index contributed by atoms with van der Waals surface area (Å²) < 4.78 is 5.72. The highest BCUT2D eigenvalue weighted by molar-refractivity contribution is 5.94. The number of carbonyl (C=O) groups excluding carboxylic acids is 1. The van der Waals surface area contributed by atoms with E-state index >= 15 is 0 Å². The molecule has 1 unspecified atom stereocenters. The Morgan fingerprint density at radius 2 is 1.60 bits per heavy atom. The second-order valence-electron chi connectivity index (χ2n) is 5.97. The van der Waals surface area contributed by atoms with Crippen LogP contribution in [-0.4, -0.2) is 25.1 Å². The molecule has 2 rings (SSSR count). The van der Waals surface area contributed by atoms with Crippen LogP contribution in [0.5, 0.6) is 5.75 Å². The minimum absolute atomic E-state index is 0.157. The van der Waals surface area contributed by atoms with Crippen molar-refractivity contribution in [3.05, 3.63) is 54.1 Å². The summed E-state index contributed by atoms with van der Waals surface area (Å²) >= 11 is 0. The summed E-state index contributed by atoms with van der Waals surface area (Å²) in [5, 5.41) is 2.90. The van der Waals surface area contributed by atoms with Gasteiger partial charge in [-0.1, -0.05) is 19.1 Å². The minimum Gasteiger partial charge on any atom is -0.481 e. The van der Waals surface area contributed by atoms with E-state index in [9.17, 15) is 4.79 Å². The summed E-state index contributed by atoms with van der Waals surface area (Å²) in [6.07, 6.45) is 0.426. The minimum atomic E-state index is -0.560. The summed E-state index contributed by atoms with van der Waals surface area (Å²) in [5.41, 5.74) is 3.18. The van der Waals surface area contributed by atoms with Crippen molar-refractivity contribution in [2.24, 2.45) is 0 Å². The van der Waals surface area contributed by atoms with E-state index in [4.69, 9.17) is 4.74 Å². The van der Waals surface area contributed by atoms with Gasteiger partial charge in [0.1, 0.15) is 5.75 Å². The Kier molecular flexibility index (Phi) is 6.87. The van der Waals surface area contributed by atoms with Crippen LogP contribution in [0.25, 0.3) is 0 Å². The molecule has 0 heterocycles. The number of rotatable bonds is 8. The fraction of sp³-hybridized carbons (Fsp3) is 0.381. The Morgan fingerprint density at radius 1 is 1.00 bits per heavy atom. The molecule has 1 amide bonds. The van der Waals surface area contributed by atoms with Gasteiger partial charge in [0, 0.05) is 24.5 Å². The molecule has 4 nitrogen and oxygen atoms in total. The quantitative estimate of drug-likeness (QED) is 0.769. The number of nitrogens with zero attached hydrogens (tertiary/aromatic N) is 1. The smallest absolute Gasteiger partial charge is 0.265 e. The van der Waals surface area contributed by atoms with Crippen LogP contribution in [0, 0.1) is 0 Å². The van der Waals surface area contributed by atoms with Crippen molar-refractivity contribution in [2.45, 2.75) is 40.2 Å². The van der Waals surface area contributed by atoms with Crippen molar-refractivity contribution in [3.8, 4) is 5.75 Å². The van der Waals surface area contributed by atoms with E-state index in [0.717, 1.165) is 30.9 Å². The first-order valence-corrected chi connectivity index (χ1v) is 8.98. The largest absolute Gasteiger partial charge is 0.481 e. The molecule has 2 aromatic rings. The van der Waals surface area contributed by atoms with Gasteiger partial charge in [0.2, 0.25) is 0 Å². The van der Waals surface area contributed by atoms with Crippen molar-refractivity contribution in [1.29, 1.82) is 0 Å². The topological polar surface area (TPSA) is 41.6 Å². The third-order valence-corrected chi connectivity index (χ3v) is 4.28. The maximum Gasteiger partial charge on any atom is 0.265 e. The standard InChI is InChI=1S/C21H28N2O2/c1-5-17-8-14-20(15-9-17)25-16(4)21(24)22-18-10-12-19(13-11-18)23(6-2)7-3/h8-16H,5-7H2,1-4H3,(H,22,24). The number of nitrogens with one attached hydrogen (secondary N) is 1. The molecule has 0 saturated heterocycles. The van der Waals surface area contributed by atoms with Crippen LogP contribution in [0.15, 0.2) is 48.5 Å². The van der Waals surface area contributed by atoms with Gasteiger partial charge >= 0.3 is 0 Å². The van der Waals surface area contributed by atoms with Crippen molar-refractivity contribution >= 4 is 17.3 Å². The molecule has 4 heteroatoms. The molecule has 0 spiro atoms. The van der Waals surface area contributed by atoms with E-state index in [1.165, 1.54) is 5.56 Å². The number of benzene rings is 2. The number of carbonyl (C=O) groups is 1. The van der Waals surface area contributed by atoms with Crippen LogP contribution < -0.4 is 15.0 Å². The van der Waals surface area contributed by atoms with Gasteiger partial charge in [-0.25, -0.2) is 0 Å². The molecule has 1 N–H and O–H groups in total. The SMILES string of the molecule is CCc1ccc(OC(C)C(=O)Nc2ccc(N(CC)CC)cc2)cc1. The second kappa shape index (κ2) is 9.11. The van der Waals surface area contributed by atoms with Crippen LogP contribution in [0.4, 0.5) is 11.4 Å². The third-order valence-electron chi connectivity index (χ3n) is 4.28. The maximum atomic E-state index is 12.3. The lowest BCUT2D eigenvalue weighted by atomic mass is 10.2. The van der Waals surface area contributed by atoms with E-state index < -0.39 is 6.10 Å². The summed E-state index contributed by atoms with van der Waals surface area (Å²) in [4.78, 5) is 14.6. The molecule has 0 aliphatic heterocycles. The zero-order valence-electron chi connectivity index (χ0n) is 15.6. The van der Waals surface area contributed by atoms with Gasteiger partial charge in [0.05, 0.1) is 0 Å². The lowest BCUT2D eigenvalue weighted by molar-refractivity contribution is -0.122. The lowest BCUT2D eigenvalue weighted by Crippen LogP contribution is -2.30. The van der Waals surface area contributed by atoms with E-state index in [0.29, 0.717) is 5.75 Å². The molecular weight excluding hydrogens is 312 g/mol. The highest BCUT2D eigenvalue weighted by Gasteiger charge is 2.15. The third kappa shape index (κ3) is 5.24. The average molecular weight is 340 g/mol. The predicted octanol–water partition coefficient (Wildman–Crippen LogP) is 4.50. The summed E-state index contributed by atoms with van der Waals surface area (Å²) in [6, 6.07) is 15.7. The van der Waals surface area contributed by atoms with E-state index in [-0.39, 0.29) is 5.91 Å². The first kappa shape index (κ1) is 18.8. The number of ether oxygens (including phenoxy) is 1. The maximum absolute atomic E-state index is 12.3. The molecule has 0 fully saturated rings. The fourth-order valence-electron chi connectivity index (χ4n) is 2.65. The highest BCUT2D eigenvalue weighted by atomic mass is 16.5. The number of hydrogen-bond donors (Lipinski definition) is 1. The first-order valence-electron chi connectivity index (χ1n) is 8.98. The number of hydrogen-bond acceptors (Lipinski definition) is 3. The monoisotopic (exact) mass is 340 g/mol. The Bertz CT molecular complexity index is 661. The molecule has 2 aromatic carbocycles. The molecule has 1 atom stereocenters. The molecular formula is C21H28N2O2. The lowest BCUT2D eigenvalue weighted by Gasteiger charge is -2.21. The zero-order chi connectivity index (χ0) is 18.2. The molecule has 25 heavy (non-hydrogen) atoms. The van der Waals surface area contributed by atoms with Gasteiger partial charge in [-0.15, -0.1) is 0 Å². The van der Waals surface area contributed by atoms with Crippen molar-refractivity contribution in [2.75, 3.05) is 23.3 Å². The predicted molar refractivity (Wildman–Crippen MR) is 105 cm³/mol. The van der Waals surface area contributed by atoms with Crippen LogP contribution in [0.2, 0.25) is 0 Å². The molecule has 134 valence electrons. The fourth-order valence-corrected chi connectivity index (χ4v) is 2.65. The number of anilines is 2. The van der Waals surface area contributed by atoms with E-state index in [2.05, 4.69) is 31.0 Å². The van der Waals surface area contributed by atoms with Gasteiger partial charge < -0.3 is 15.0 Å². The number of amides is 1. The van der Waals surface area contributed by atoms with E-state index in [1.54, 1.807) is 6.92 Å². The Morgan fingerprint density at radius 3 is 2.12 bits per heavy atom. The zero-order valence-corrected chi connectivity index (χ0v) is 15.6. The Balaban J connectivity index is 1.93. The first-order chi connectivity index (χ1) is 12.1. The van der Waals surface area contributed by atoms with Gasteiger partial charge in [0.15, 0.2) is 6.10 Å². The number of aryl methyl sites for hydroxylation is 1.